The first-order chi connectivity index (χ1) is 7.06. The van der Waals surface area contributed by atoms with Crippen LogP contribution in [0.1, 0.15) is 37.6 Å². The summed E-state index contributed by atoms with van der Waals surface area (Å²) in [6.45, 7) is 6.17. The van der Waals surface area contributed by atoms with Gasteiger partial charge in [-0.3, -0.25) is 4.79 Å². The Hall–Kier alpha value is -1.31. The molecule has 2 heteroatoms. The van der Waals surface area contributed by atoms with E-state index in [-0.39, 0.29) is 5.78 Å². The minimum atomic E-state index is 0.203. The molecule has 15 heavy (non-hydrogen) atoms. The van der Waals surface area contributed by atoms with Gasteiger partial charge in [-0.2, -0.15) is 0 Å². The number of carbonyl (C=O) groups is 1. The molecule has 0 heterocycles. The fourth-order valence-electron chi connectivity index (χ4n) is 1.38. The molecule has 0 aliphatic heterocycles. The summed E-state index contributed by atoms with van der Waals surface area (Å²) in [4.78, 5) is 13.6. The molecule has 0 bridgehead atoms. The van der Waals surface area contributed by atoms with E-state index in [0.717, 1.165) is 11.3 Å². The smallest absolute Gasteiger partial charge is 0.162 e. The summed E-state index contributed by atoms with van der Waals surface area (Å²) in [5, 5.41) is 0. The Bertz CT molecular complexity index is 327. The molecule has 0 aromatic heterocycles. The maximum Gasteiger partial charge on any atom is 0.162 e. The molecule has 1 aromatic carbocycles. The van der Waals surface area contributed by atoms with Gasteiger partial charge in [-0.25, -0.2) is 0 Å². The van der Waals surface area contributed by atoms with Crippen molar-refractivity contribution in [2.45, 2.75) is 33.2 Å². The maximum absolute atomic E-state index is 11.4. The molecule has 0 unspecified atom stereocenters. The molecule has 0 N–H and O–H groups in total. The lowest BCUT2D eigenvalue weighted by Crippen LogP contribution is -2.25. The zero-order valence-corrected chi connectivity index (χ0v) is 9.95. The third-order valence-corrected chi connectivity index (χ3v) is 2.69. The lowest BCUT2D eigenvalue weighted by Gasteiger charge is -2.23. The number of hydrogen-bond acceptors (Lipinski definition) is 2. The summed E-state index contributed by atoms with van der Waals surface area (Å²) >= 11 is 0. The molecule has 0 aliphatic carbocycles. The summed E-state index contributed by atoms with van der Waals surface area (Å²) in [5.74, 6) is 0.203. The molecule has 0 radical (unpaired) electrons. The van der Waals surface area contributed by atoms with Crippen molar-refractivity contribution in [1.29, 1.82) is 0 Å². The van der Waals surface area contributed by atoms with Crippen molar-refractivity contribution < 1.29 is 4.79 Å². The van der Waals surface area contributed by atoms with Gasteiger partial charge in [0, 0.05) is 30.8 Å². The van der Waals surface area contributed by atoms with Crippen LogP contribution in [0, 0.1) is 0 Å². The van der Waals surface area contributed by atoms with Gasteiger partial charge in [-0.05, 0) is 38.1 Å². The second-order valence-electron chi connectivity index (χ2n) is 4.03. The van der Waals surface area contributed by atoms with E-state index in [9.17, 15) is 4.79 Å². The molecule has 0 saturated carbocycles. The number of ketones is 1. The number of anilines is 1. The topological polar surface area (TPSA) is 20.3 Å². The fraction of sp³-hybridized carbons (Fsp3) is 0.462. The van der Waals surface area contributed by atoms with Crippen molar-refractivity contribution in [3.63, 3.8) is 0 Å². The molecule has 2 nitrogen and oxygen atoms in total. The van der Waals surface area contributed by atoms with Gasteiger partial charge < -0.3 is 4.90 Å². The molecule has 0 spiro atoms. The van der Waals surface area contributed by atoms with Gasteiger partial charge in [-0.1, -0.05) is 6.92 Å². The minimum absolute atomic E-state index is 0.203. The van der Waals surface area contributed by atoms with Crippen LogP contribution in [0.5, 0.6) is 0 Å². The number of nitrogens with zero attached hydrogens (tertiary/aromatic N) is 1. The molecular weight excluding hydrogens is 186 g/mol. The zero-order chi connectivity index (χ0) is 11.4. The molecule has 0 amide bonds. The Morgan fingerprint density at radius 2 is 1.80 bits per heavy atom. The van der Waals surface area contributed by atoms with Crippen molar-refractivity contribution >= 4 is 11.5 Å². The molecule has 0 saturated heterocycles. The lowest BCUT2D eigenvalue weighted by atomic mass is 10.1. The van der Waals surface area contributed by atoms with Crippen LogP contribution in [-0.2, 0) is 0 Å². The van der Waals surface area contributed by atoms with Crippen LogP contribution in [0.25, 0.3) is 0 Å². The lowest BCUT2D eigenvalue weighted by molar-refractivity contribution is 0.0988. The third kappa shape index (κ3) is 2.82. The number of hydrogen-bond donors (Lipinski definition) is 0. The normalized spacial score (nSPS) is 10.5. The highest BCUT2D eigenvalue weighted by molar-refractivity contribution is 5.96. The van der Waals surface area contributed by atoms with Crippen LogP contribution in [0.3, 0.4) is 0 Å². The average molecular weight is 205 g/mol. The summed E-state index contributed by atoms with van der Waals surface area (Å²) < 4.78 is 0. The van der Waals surface area contributed by atoms with E-state index < -0.39 is 0 Å². The zero-order valence-electron chi connectivity index (χ0n) is 9.95. The van der Waals surface area contributed by atoms with E-state index >= 15 is 0 Å². The average Bonchev–Trinajstić information content (AvgIpc) is 2.27. The first-order valence-corrected chi connectivity index (χ1v) is 5.42. The highest BCUT2D eigenvalue weighted by Crippen LogP contribution is 2.16. The van der Waals surface area contributed by atoms with Crippen molar-refractivity contribution in [3.8, 4) is 0 Å². The number of benzene rings is 1. The summed E-state index contributed by atoms with van der Waals surface area (Å²) in [7, 11) is 2.06. The summed E-state index contributed by atoms with van der Waals surface area (Å²) in [6.07, 6.45) is 0.569. The van der Waals surface area contributed by atoms with Gasteiger partial charge >= 0.3 is 0 Å². The monoisotopic (exact) mass is 205 g/mol. The van der Waals surface area contributed by atoms with Gasteiger partial charge in [0.15, 0.2) is 5.78 Å². The molecule has 1 rings (SSSR count). The number of Topliss-reactive ketones (excluding diaryl/α,β-unsaturated/α-hetero) is 1. The first-order valence-electron chi connectivity index (χ1n) is 5.42. The summed E-state index contributed by atoms with van der Waals surface area (Å²) in [6, 6.07) is 8.28. The quantitative estimate of drug-likeness (QED) is 0.704. The Balaban J connectivity index is 2.85. The molecule has 0 fully saturated rings. The molecule has 0 aliphatic rings. The second kappa shape index (κ2) is 4.96. The van der Waals surface area contributed by atoms with Crippen molar-refractivity contribution in [2.24, 2.45) is 0 Å². The van der Waals surface area contributed by atoms with Crippen LogP contribution in [0.15, 0.2) is 24.3 Å². The fourth-order valence-corrected chi connectivity index (χ4v) is 1.38. The van der Waals surface area contributed by atoms with E-state index in [1.54, 1.807) is 0 Å². The number of rotatable bonds is 4. The Morgan fingerprint density at radius 3 is 2.20 bits per heavy atom. The standard InChI is InChI=1S/C13H19NO/c1-5-13(15)11-6-8-12(9-7-11)14(4)10(2)3/h6-10H,5H2,1-4H3. The Morgan fingerprint density at radius 1 is 1.27 bits per heavy atom. The van der Waals surface area contributed by atoms with Gasteiger partial charge in [0.2, 0.25) is 0 Å². The molecular formula is C13H19NO. The maximum atomic E-state index is 11.4. The minimum Gasteiger partial charge on any atom is -0.372 e. The van der Waals surface area contributed by atoms with Gasteiger partial charge in [-0.15, -0.1) is 0 Å². The van der Waals surface area contributed by atoms with E-state index in [1.807, 2.05) is 31.2 Å². The Labute approximate surface area is 91.9 Å². The van der Waals surface area contributed by atoms with Gasteiger partial charge in [0.05, 0.1) is 0 Å². The largest absolute Gasteiger partial charge is 0.372 e. The van der Waals surface area contributed by atoms with Crippen LogP contribution >= 0.6 is 0 Å². The summed E-state index contributed by atoms with van der Waals surface area (Å²) in [5.41, 5.74) is 1.95. The number of carbonyl (C=O) groups excluding carboxylic acids is 1. The highest BCUT2D eigenvalue weighted by atomic mass is 16.1. The van der Waals surface area contributed by atoms with E-state index in [0.29, 0.717) is 12.5 Å². The van der Waals surface area contributed by atoms with Crippen molar-refractivity contribution in [2.75, 3.05) is 11.9 Å². The van der Waals surface area contributed by atoms with Crippen molar-refractivity contribution in [1.82, 2.24) is 0 Å². The van der Waals surface area contributed by atoms with Crippen LogP contribution in [-0.4, -0.2) is 18.9 Å². The predicted octanol–water partition coefficient (Wildman–Crippen LogP) is 3.12. The molecule has 0 atom stereocenters. The molecule has 1 aromatic rings. The van der Waals surface area contributed by atoms with Gasteiger partial charge in [0.1, 0.15) is 0 Å². The van der Waals surface area contributed by atoms with E-state index in [1.165, 1.54) is 0 Å². The molecule has 82 valence electrons. The first kappa shape index (κ1) is 11.8. The van der Waals surface area contributed by atoms with E-state index in [2.05, 4.69) is 25.8 Å². The van der Waals surface area contributed by atoms with Crippen LogP contribution in [0.4, 0.5) is 5.69 Å². The van der Waals surface area contributed by atoms with Crippen molar-refractivity contribution in [3.05, 3.63) is 29.8 Å². The third-order valence-electron chi connectivity index (χ3n) is 2.69. The van der Waals surface area contributed by atoms with Gasteiger partial charge in [0.25, 0.3) is 0 Å². The SMILES string of the molecule is CCC(=O)c1ccc(N(C)C(C)C)cc1. The highest BCUT2D eigenvalue weighted by Gasteiger charge is 2.06. The van der Waals surface area contributed by atoms with E-state index in [4.69, 9.17) is 0 Å². The Kier molecular flexibility index (Phi) is 3.89. The predicted molar refractivity (Wildman–Crippen MR) is 64.6 cm³/mol. The van der Waals surface area contributed by atoms with Crippen LogP contribution < -0.4 is 4.90 Å². The van der Waals surface area contributed by atoms with Crippen LogP contribution in [0.2, 0.25) is 0 Å². The second-order valence-corrected chi connectivity index (χ2v) is 4.03.